The summed E-state index contributed by atoms with van der Waals surface area (Å²) in [5.74, 6) is -1.35. The molecule has 1 saturated heterocycles. The standard InChI is InChI=1S/C20H18N2O5S3/c1-27-10(23)6-22-18(24)12-7-5-8(13(12)19(22)25)15-11(7)14(9-3-2-4-28-9)16-17(29-15)21-20(26)30-16/h2-4,7-8,11-15H,5-6H2,1H3,(H,21,26)/t7-,8-,11-,12+,13-,14-,15+/m1/s1. The molecule has 0 unspecified atom stereocenters. The summed E-state index contributed by atoms with van der Waals surface area (Å²) in [7, 11) is 1.26. The second kappa shape index (κ2) is 6.54. The molecule has 2 aromatic rings. The van der Waals surface area contributed by atoms with Crippen molar-refractivity contribution in [2.24, 2.45) is 29.6 Å². The maximum absolute atomic E-state index is 13.2. The summed E-state index contributed by atoms with van der Waals surface area (Å²) in [6.07, 6.45) is 0.849. The molecule has 2 amide bonds. The number of nitrogens with one attached hydrogen (secondary N) is 1. The SMILES string of the molecule is COC(=O)CN1C(=O)[C@@H]2[C@H]3C[C@@H]([C@@H]2C1=O)[C@@H]1[C@@H](c2cccs2)c2sc(=O)[nH]c2S[C@@H]31. The molecule has 30 heavy (non-hydrogen) atoms. The molecule has 10 heteroatoms. The van der Waals surface area contributed by atoms with Gasteiger partial charge in [0.25, 0.3) is 0 Å². The molecule has 156 valence electrons. The Balaban J connectivity index is 1.42. The minimum absolute atomic E-state index is 0.0574. The zero-order valence-corrected chi connectivity index (χ0v) is 18.4. The summed E-state index contributed by atoms with van der Waals surface area (Å²) in [5.41, 5.74) is 0. The van der Waals surface area contributed by atoms with Gasteiger partial charge in [-0.05, 0) is 35.6 Å². The van der Waals surface area contributed by atoms with E-state index in [0.717, 1.165) is 21.2 Å². The van der Waals surface area contributed by atoms with Crippen molar-refractivity contribution in [1.82, 2.24) is 9.88 Å². The molecule has 2 bridgehead atoms. The number of aromatic nitrogens is 1. The third kappa shape index (κ3) is 2.38. The number of imide groups is 1. The number of carbonyl (C=O) groups is 3. The van der Waals surface area contributed by atoms with Gasteiger partial charge in [0.05, 0.1) is 24.0 Å². The number of amides is 2. The summed E-state index contributed by atoms with van der Waals surface area (Å²) < 4.78 is 4.68. The largest absolute Gasteiger partial charge is 0.468 e. The Morgan fingerprint density at radius 3 is 2.70 bits per heavy atom. The molecule has 1 N–H and O–H groups in total. The Kier molecular flexibility index (Phi) is 4.11. The van der Waals surface area contributed by atoms with E-state index >= 15 is 0 Å². The number of aromatic amines is 1. The molecule has 0 aromatic carbocycles. The van der Waals surface area contributed by atoms with Crippen LogP contribution in [0.15, 0.2) is 27.3 Å². The zero-order valence-electron chi connectivity index (χ0n) is 15.9. The van der Waals surface area contributed by atoms with Crippen molar-refractivity contribution in [1.29, 1.82) is 0 Å². The number of thioether (sulfide) groups is 1. The molecule has 7 nitrogen and oxygen atoms in total. The lowest BCUT2D eigenvalue weighted by molar-refractivity contribution is -0.151. The number of carbonyl (C=O) groups excluding carboxylic acids is 3. The van der Waals surface area contributed by atoms with Crippen LogP contribution in [0.5, 0.6) is 0 Å². The highest BCUT2D eigenvalue weighted by Gasteiger charge is 2.69. The third-order valence-corrected chi connectivity index (χ3v) is 10.7. The number of ether oxygens (including phenoxy) is 1. The van der Waals surface area contributed by atoms with Crippen molar-refractivity contribution in [3.8, 4) is 0 Å². The molecule has 2 aliphatic heterocycles. The Morgan fingerprint density at radius 1 is 1.23 bits per heavy atom. The van der Waals surface area contributed by atoms with Crippen LogP contribution in [0.2, 0.25) is 0 Å². The lowest BCUT2D eigenvalue weighted by atomic mass is 9.69. The molecular weight excluding hydrogens is 444 g/mol. The summed E-state index contributed by atoms with van der Waals surface area (Å²) in [4.78, 5) is 56.5. The van der Waals surface area contributed by atoms with Gasteiger partial charge >= 0.3 is 10.8 Å². The fourth-order valence-corrected chi connectivity index (χ4v) is 10.1. The first-order valence-corrected chi connectivity index (χ1v) is 12.4. The highest BCUT2D eigenvalue weighted by Crippen LogP contribution is 2.68. The van der Waals surface area contributed by atoms with Gasteiger partial charge in [0.1, 0.15) is 6.54 Å². The van der Waals surface area contributed by atoms with Crippen LogP contribution in [0.1, 0.15) is 22.1 Å². The van der Waals surface area contributed by atoms with E-state index in [1.54, 1.807) is 23.1 Å². The van der Waals surface area contributed by atoms with E-state index in [4.69, 9.17) is 0 Å². The summed E-state index contributed by atoms with van der Waals surface area (Å²) in [5, 5.41) is 3.13. The van der Waals surface area contributed by atoms with Gasteiger partial charge < -0.3 is 9.72 Å². The van der Waals surface area contributed by atoms with Crippen molar-refractivity contribution in [2.75, 3.05) is 13.7 Å². The number of hydrogen-bond donors (Lipinski definition) is 1. The summed E-state index contributed by atoms with van der Waals surface area (Å²) in [6, 6.07) is 4.12. The van der Waals surface area contributed by atoms with Gasteiger partial charge in [-0.3, -0.25) is 24.1 Å². The number of likely N-dealkylation sites (tertiary alicyclic amines) is 1. The summed E-state index contributed by atoms with van der Waals surface area (Å²) >= 11 is 4.61. The molecule has 4 heterocycles. The maximum Gasteiger partial charge on any atom is 0.325 e. The van der Waals surface area contributed by atoms with E-state index in [9.17, 15) is 19.2 Å². The van der Waals surface area contributed by atoms with Crippen LogP contribution in [-0.2, 0) is 19.1 Å². The van der Waals surface area contributed by atoms with Crippen LogP contribution in [0.3, 0.4) is 0 Å². The van der Waals surface area contributed by atoms with Gasteiger partial charge in [-0.2, -0.15) is 0 Å². The first-order chi connectivity index (χ1) is 14.5. The number of thiophene rings is 1. The van der Waals surface area contributed by atoms with Gasteiger partial charge in [-0.25, -0.2) is 0 Å². The topological polar surface area (TPSA) is 96.5 Å². The number of hydrogen-bond acceptors (Lipinski definition) is 8. The van der Waals surface area contributed by atoms with Crippen molar-refractivity contribution in [3.63, 3.8) is 0 Å². The molecule has 7 atom stereocenters. The quantitative estimate of drug-likeness (QED) is 0.555. The van der Waals surface area contributed by atoms with Crippen molar-refractivity contribution in [2.45, 2.75) is 22.6 Å². The lowest BCUT2D eigenvalue weighted by Crippen LogP contribution is -2.42. The van der Waals surface area contributed by atoms with Gasteiger partial charge in [-0.15, -0.1) is 23.1 Å². The Hall–Kier alpha value is -1.91. The van der Waals surface area contributed by atoms with Gasteiger partial charge in [-0.1, -0.05) is 17.4 Å². The Morgan fingerprint density at radius 2 is 2.00 bits per heavy atom. The molecule has 0 spiro atoms. The van der Waals surface area contributed by atoms with E-state index in [-0.39, 0.29) is 64.0 Å². The number of nitrogens with zero attached hydrogens (tertiary/aromatic N) is 1. The second-order valence-electron chi connectivity index (χ2n) is 8.31. The van der Waals surface area contributed by atoms with Crippen molar-refractivity contribution < 1.29 is 19.1 Å². The Bertz CT molecular complexity index is 1120. The highest BCUT2D eigenvalue weighted by atomic mass is 32.2. The number of H-pyrrole nitrogens is 1. The van der Waals surface area contributed by atoms with E-state index in [2.05, 4.69) is 15.8 Å². The van der Waals surface area contributed by atoms with Crippen LogP contribution >= 0.6 is 34.4 Å². The van der Waals surface area contributed by atoms with Crippen molar-refractivity contribution >= 4 is 52.2 Å². The first-order valence-electron chi connectivity index (χ1n) is 9.84. The van der Waals surface area contributed by atoms with Gasteiger partial charge in [0, 0.05) is 20.9 Å². The minimum Gasteiger partial charge on any atom is -0.468 e. The first kappa shape index (κ1) is 18.8. The lowest BCUT2D eigenvalue weighted by Gasteiger charge is -2.42. The number of rotatable bonds is 3. The Labute approximate surface area is 183 Å². The molecule has 2 aliphatic carbocycles. The van der Waals surface area contributed by atoms with E-state index in [1.165, 1.54) is 23.3 Å². The van der Waals surface area contributed by atoms with Crippen molar-refractivity contribution in [3.05, 3.63) is 36.9 Å². The fourth-order valence-electron chi connectivity index (χ4n) is 6.21. The van der Waals surface area contributed by atoms with Gasteiger partial charge in [0.2, 0.25) is 11.8 Å². The van der Waals surface area contributed by atoms with Crippen LogP contribution in [0, 0.1) is 29.6 Å². The number of fused-ring (bicyclic) bond motifs is 9. The zero-order chi connectivity index (χ0) is 20.7. The minimum atomic E-state index is -0.577. The summed E-state index contributed by atoms with van der Waals surface area (Å²) in [6.45, 7) is -0.307. The number of methoxy groups -OCH3 is 1. The molecule has 3 fully saturated rings. The predicted octanol–water partition coefficient (Wildman–Crippen LogP) is 2.14. The van der Waals surface area contributed by atoms with E-state index < -0.39 is 5.97 Å². The van der Waals surface area contributed by atoms with Crippen LogP contribution < -0.4 is 4.87 Å². The number of thiazole rings is 1. The predicted molar refractivity (Wildman–Crippen MR) is 112 cm³/mol. The van der Waals surface area contributed by atoms with E-state index in [1.807, 2.05) is 11.4 Å². The van der Waals surface area contributed by atoms with Crippen LogP contribution in [0.4, 0.5) is 0 Å². The molecular formula is C20H18N2O5S3. The normalized spacial score (nSPS) is 36.0. The molecule has 0 radical (unpaired) electrons. The molecule has 6 rings (SSSR count). The van der Waals surface area contributed by atoms with E-state index in [0.29, 0.717) is 0 Å². The molecule has 2 saturated carbocycles. The average molecular weight is 463 g/mol. The smallest absolute Gasteiger partial charge is 0.325 e. The second-order valence-corrected chi connectivity index (χ2v) is 11.5. The molecule has 4 aliphatic rings. The fraction of sp³-hybridized carbons (Fsp3) is 0.500. The van der Waals surface area contributed by atoms with Gasteiger partial charge in [0.15, 0.2) is 0 Å². The highest BCUT2D eigenvalue weighted by molar-refractivity contribution is 8.00. The van der Waals surface area contributed by atoms with Crippen LogP contribution in [0.25, 0.3) is 0 Å². The maximum atomic E-state index is 13.2. The monoisotopic (exact) mass is 462 g/mol. The molecule has 2 aromatic heterocycles. The van der Waals surface area contributed by atoms with Crippen LogP contribution in [-0.4, -0.2) is 46.6 Å². The third-order valence-electron chi connectivity index (χ3n) is 7.18. The number of esters is 1. The average Bonchev–Trinajstić information content (AvgIpc) is 3.52.